The fraction of sp³-hybridized carbons (Fsp3) is 0.378. The van der Waals surface area contributed by atoms with Crippen molar-refractivity contribution in [1.29, 1.82) is 0 Å². The van der Waals surface area contributed by atoms with Crippen LogP contribution in [0.1, 0.15) is 71.4 Å². The minimum Gasteiger partial charge on any atom is -0.344 e. The predicted molar refractivity (Wildman–Crippen MR) is 239 cm³/mol. The van der Waals surface area contributed by atoms with Gasteiger partial charge in [0.1, 0.15) is 12.3 Å². The first-order valence-electron chi connectivity index (χ1n) is 20.0. The fourth-order valence-corrected chi connectivity index (χ4v) is 11.2. The maximum absolute atomic E-state index is 13.9. The molecule has 0 saturated carbocycles. The Kier molecular flexibility index (Phi) is 12.8. The smallest absolute Gasteiger partial charge is 0.265 e. The normalized spacial score (nSPS) is 17.3. The second-order valence-electron chi connectivity index (χ2n) is 16.6. The number of anilines is 1. The van der Waals surface area contributed by atoms with Gasteiger partial charge >= 0.3 is 0 Å². The van der Waals surface area contributed by atoms with Crippen molar-refractivity contribution in [3.05, 3.63) is 114 Å². The van der Waals surface area contributed by atoms with Crippen molar-refractivity contribution in [1.82, 2.24) is 4.31 Å². The summed E-state index contributed by atoms with van der Waals surface area (Å²) in [5.74, 6) is -0.791. The number of hydrogen-bond donors (Lipinski definition) is 2. The first-order chi connectivity index (χ1) is 28.1. The standard InChI is InChI=1S/C45H53N3O9S3/c1-32(49)16-13-27-46(6)60(56,57)39-20-12-19-36-35(39)24-26-38-43(36)45(4,5)41(48(38)29-15-31-59(53,54)55)22-9-7-8-21-40-44(2,3)42-34-18-11-10-17-33(34)23-25-37(42)47(40)28-14-30-58(50,51)52/h7-12,17-26H,13-16,27-31H2,1-6H3,(H-,50,51,52,53,54,55)/p+1. The maximum atomic E-state index is 13.9. The molecule has 0 fully saturated rings. The Morgan fingerprint density at radius 3 is 2.13 bits per heavy atom. The van der Waals surface area contributed by atoms with Crippen LogP contribution in [-0.2, 0) is 45.9 Å². The highest BCUT2D eigenvalue weighted by molar-refractivity contribution is 7.89. The molecule has 4 aromatic rings. The molecular weight excluding hydrogens is 823 g/mol. The summed E-state index contributed by atoms with van der Waals surface area (Å²) in [6, 6.07) is 21.1. The van der Waals surface area contributed by atoms with Gasteiger partial charge in [-0.2, -0.15) is 21.4 Å². The topological polar surface area (TPSA) is 169 Å². The number of nitrogens with zero attached hydrogens (tertiary/aromatic N) is 3. The van der Waals surface area contributed by atoms with E-state index in [-0.39, 0.29) is 48.8 Å². The zero-order valence-corrected chi connectivity index (χ0v) is 37.4. The van der Waals surface area contributed by atoms with Gasteiger partial charge in [0.25, 0.3) is 20.2 Å². The Hall–Kier alpha value is -4.51. The van der Waals surface area contributed by atoms with E-state index in [1.807, 2.05) is 73.1 Å². The molecule has 0 amide bonds. The lowest BCUT2D eigenvalue weighted by molar-refractivity contribution is -0.437. The SMILES string of the molecule is CC(=O)CCCN(C)S(=O)(=O)c1cccc2c3c(ccc12)[N+](CCCS(=O)(=O)O)=C(/C=C/C=C/C=C1/N(CCCS(=O)(=O)O)c2ccc4ccccc4c2C1(C)C)C3(C)C. The summed E-state index contributed by atoms with van der Waals surface area (Å²) in [7, 11) is -10.8. The van der Waals surface area contributed by atoms with Crippen LogP contribution in [-0.4, -0.2) is 92.9 Å². The van der Waals surface area contributed by atoms with Gasteiger partial charge in [0.2, 0.25) is 15.7 Å². The van der Waals surface area contributed by atoms with E-state index in [9.17, 15) is 39.2 Å². The monoisotopic (exact) mass is 876 g/mol. The van der Waals surface area contributed by atoms with E-state index < -0.39 is 46.8 Å². The van der Waals surface area contributed by atoms with E-state index in [1.54, 1.807) is 18.2 Å². The van der Waals surface area contributed by atoms with E-state index in [1.165, 1.54) is 18.3 Å². The molecule has 320 valence electrons. The summed E-state index contributed by atoms with van der Waals surface area (Å²) in [6.07, 6.45) is 10.8. The molecular formula is C45H54N3O9S3+. The van der Waals surface area contributed by atoms with Gasteiger partial charge in [-0.15, -0.1) is 0 Å². The Morgan fingerprint density at radius 2 is 1.43 bits per heavy atom. The Balaban J connectivity index is 1.37. The van der Waals surface area contributed by atoms with Crippen molar-refractivity contribution >= 4 is 74.7 Å². The van der Waals surface area contributed by atoms with Gasteiger partial charge in [0.15, 0.2) is 5.71 Å². The molecule has 0 unspecified atom stereocenters. The molecule has 2 aliphatic heterocycles. The molecule has 0 aromatic heterocycles. The molecule has 0 atom stereocenters. The second-order valence-corrected chi connectivity index (χ2v) is 21.8. The van der Waals surface area contributed by atoms with Crippen molar-refractivity contribution in [2.45, 2.75) is 76.0 Å². The van der Waals surface area contributed by atoms with Crippen LogP contribution in [0, 0.1) is 0 Å². The van der Waals surface area contributed by atoms with Gasteiger partial charge in [0, 0.05) is 72.9 Å². The van der Waals surface area contributed by atoms with E-state index in [0.29, 0.717) is 18.4 Å². The summed E-state index contributed by atoms with van der Waals surface area (Å²) in [6.45, 7) is 10.7. The van der Waals surface area contributed by atoms with Crippen LogP contribution in [0.15, 0.2) is 108 Å². The first kappa shape index (κ1) is 45.0. The number of allylic oxidation sites excluding steroid dienone is 6. The van der Waals surface area contributed by atoms with Crippen LogP contribution in [0.25, 0.3) is 21.5 Å². The molecule has 60 heavy (non-hydrogen) atoms. The van der Waals surface area contributed by atoms with Gasteiger partial charge in [-0.1, -0.05) is 74.5 Å². The Morgan fingerprint density at radius 1 is 0.750 bits per heavy atom. The minimum atomic E-state index is -4.22. The van der Waals surface area contributed by atoms with Crippen molar-refractivity contribution in [2.75, 3.05) is 43.1 Å². The van der Waals surface area contributed by atoms with Crippen molar-refractivity contribution < 1.29 is 43.7 Å². The summed E-state index contributed by atoms with van der Waals surface area (Å²) < 4.78 is 97.0. The molecule has 0 saturated heterocycles. The minimum absolute atomic E-state index is 0.00535. The number of Topliss-reactive ketones (excluding diaryl/α,β-unsaturated/α-hetero) is 1. The van der Waals surface area contributed by atoms with E-state index >= 15 is 0 Å². The highest BCUT2D eigenvalue weighted by Gasteiger charge is 2.46. The highest BCUT2D eigenvalue weighted by Crippen LogP contribution is 2.51. The average Bonchev–Trinajstić information content (AvgIpc) is 3.51. The van der Waals surface area contributed by atoms with Crippen LogP contribution in [0.4, 0.5) is 11.4 Å². The van der Waals surface area contributed by atoms with Crippen LogP contribution in [0.5, 0.6) is 0 Å². The van der Waals surface area contributed by atoms with Crippen molar-refractivity contribution in [3.63, 3.8) is 0 Å². The molecule has 4 aromatic carbocycles. The van der Waals surface area contributed by atoms with Crippen LogP contribution in [0.2, 0.25) is 0 Å². The second kappa shape index (κ2) is 17.1. The third kappa shape index (κ3) is 9.21. The quantitative estimate of drug-likeness (QED) is 0.0609. The average molecular weight is 877 g/mol. The molecule has 6 rings (SSSR count). The summed E-state index contributed by atoms with van der Waals surface area (Å²) in [4.78, 5) is 13.8. The molecule has 12 nitrogen and oxygen atoms in total. The van der Waals surface area contributed by atoms with Gasteiger partial charge in [0.05, 0.1) is 21.8 Å². The summed E-state index contributed by atoms with van der Waals surface area (Å²) >= 11 is 0. The Labute approximate surface area is 354 Å². The van der Waals surface area contributed by atoms with Crippen LogP contribution < -0.4 is 4.90 Å². The van der Waals surface area contributed by atoms with Crippen molar-refractivity contribution in [3.8, 4) is 0 Å². The van der Waals surface area contributed by atoms with E-state index in [2.05, 4.69) is 43.0 Å². The summed E-state index contributed by atoms with van der Waals surface area (Å²) in [5.41, 5.74) is 4.48. The number of hydrogen-bond acceptors (Lipinski definition) is 8. The molecule has 2 aliphatic rings. The highest BCUT2D eigenvalue weighted by atomic mass is 32.2. The largest absolute Gasteiger partial charge is 0.344 e. The molecule has 15 heteroatoms. The number of carbonyl (C=O) groups excluding carboxylic acids is 1. The van der Waals surface area contributed by atoms with Gasteiger partial charge in [-0.3, -0.25) is 9.11 Å². The number of ketones is 1. The lowest BCUT2D eigenvalue weighted by Crippen LogP contribution is -2.29. The molecule has 0 radical (unpaired) electrons. The predicted octanol–water partition coefficient (Wildman–Crippen LogP) is 7.71. The van der Waals surface area contributed by atoms with Crippen molar-refractivity contribution in [2.24, 2.45) is 0 Å². The lowest BCUT2D eigenvalue weighted by atomic mass is 9.79. The summed E-state index contributed by atoms with van der Waals surface area (Å²) in [5, 5.41) is 3.49. The number of rotatable bonds is 17. The third-order valence-corrected chi connectivity index (χ3v) is 15.1. The zero-order valence-electron chi connectivity index (χ0n) is 34.9. The van der Waals surface area contributed by atoms with E-state index in [4.69, 9.17) is 0 Å². The van der Waals surface area contributed by atoms with Gasteiger partial charge in [-0.25, -0.2) is 12.7 Å². The molecule has 0 aliphatic carbocycles. The van der Waals surface area contributed by atoms with Crippen LogP contribution in [0.3, 0.4) is 0 Å². The van der Waals surface area contributed by atoms with Gasteiger partial charge < -0.3 is 9.69 Å². The molecule has 0 bridgehead atoms. The van der Waals surface area contributed by atoms with E-state index in [0.717, 1.165) is 50.1 Å². The number of carbonyl (C=O) groups is 1. The fourth-order valence-electron chi connectivity index (χ4n) is 8.84. The molecule has 0 spiro atoms. The zero-order chi connectivity index (χ0) is 43.8. The van der Waals surface area contributed by atoms with Crippen LogP contribution >= 0.6 is 0 Å². The number of benzene rings is 4. The first-order valence-corrected chi connectivity index (χ1v) is 24.6. The molecule has 2 heterocycles. The third-order valence-electron chi connectivity index (χ3n) is 11.6. The maximum Gasteiger partial charge on any atom is 0.265 e. The number of sulfonamides is 1. The van der Waals surface area contributed by atoms with Gasteiger partial charge in [-0.05, 0) is 79.6 Å². The number of fused-ring (bicyclic) bond motifs is 6. The lowest BCUT2D eigenvalue weighted by Gasteiger charge is -2.27. The Bertz CT molecular complexity index is 2820. The molecule has 2 N–H and O–H groups in total.